The predicted octanol–water partition coefficient (Wildman–Crippen LogP) is 2.30. The molecule has 1 heterocycles. The Bertz CT molecular complexity index is 517. The molecule has 4 nitrogen and oxygen atoms in total. The van der Waals surface area contributed by atoms with E-state index >= 15 is 0 Å². The third-order valence-corrected chi connectivity index (χ3v) is 2.85. The van der Waals surface area contributed by atoms with Gasteiger partial charge in [0.1, 0.15) is 0 Å². The van der Waals surface area contributed by atoms with Gasteiger partial charge in [-0.15, -0.1) is 10.2 Å². The highest BCUT2D eigenvalue weighted by Crippen LogP contribution is 2.21. The Morgan fingerprint density at radius 1 is 1.35 bits per heavy atom. The smallest absolute Gasteiger partial charge is 0.247 e. The average molecular weight is 229 g/mol. The first-order valence-electron chi connectivity index (χ1n) is 5.94. The van der Waals surface area contributed by atoms with Crippen molar-refractivity contribution in [2.24, 2.45) is 0 Å². The van der Waals surface area contributed by atoms with Gasteiger partial charge in [0.15, 0.2) is 0 Å². The summed E-state index contributed by atoms with van der Waals surface area (Å²) < 4.78 is 5.62. The predicted molar refractivity (Wildman–Crippen MR) is 64.3 cm³/mol. The molecular formula is C13H15N3O. The molecule has 1 aliphatic carbocycles. The maximum Gasteiger partial charge on any atom is 0.247 e. The fraction of sp³-hybridized carbons (Fsp3) is 0.385. The molecule has 88 valence electrons. The van der Waals surface area contributed by atoms with Gasteiger partial charge in [-0.25, -0.2) is 0 Å². The van der Waals surface area contributed by atoms with E-state index in [4.69, 9.17) is 4.42 Å². The van der Waals surface area contributed by atoms with Crippen LogP contribution < -0.4 is 5.32 Å². The van der Waals surface area contributed by atoms with Crippen LogP contribution in [-0.2, 0) is 6.54 Å². The molecule has 1 aromatic carbocycles. The van der Waals surface area contributed by atoms with Gasteiger partial charge in [-0.3, -0.25) is 0 Å². The molecule has 1 fully saturated rings. The van der Waals surface area contributed by atoms with E-state index in [1.165, 1.54) is 18.4 Å². The van der Waals surface area contributed by atoms with E-state index in [2.05, 4.69) is 28.5 Å². The van der Waals surface area contributed by atoms with Gasteiger partial charge < -0.3 is 9.73 Å². The molecule has 0 unspecified atom stereocenters. The normalized spacial score (nSPS) is 15.1. The summed E-state index contributed by atoms with van der Waals surface area (Å²) in [5.41, 5.74) is 2.17. The van der Waals surface area contributed by atoms with Crippen LogP contribution in [0.25, 0.3) is 11.5 Å². The van der Waals surface area contributed by atoms with E-state index in [1.807, 2.05) is 18.2 Å². The standard InChI is InChI=1S/C13H15N3O/c1-9-3-2-4-10(7-9)13-16-15-12(17-13)8-14-11-5-6-11/h2-4,7,11,14H,5-6,8H2,1H3. The zero-order valence-corrected chi connectivity index (χ0v) is 9.81. The Morgan fingerprint density at radius 2 is 2.24 bits per heavy atom. The molecule has 17 heavy (non-hydrogen) atoms. The number of nitrogens with zero attached hydrogens (tertiary/aromatic N) is 2. The van der Waals surface area contributed by atoms with E-state index in [1.54, 1.807) is 0 Å². The number of benzene rings is 1. The molecule has 0 spiro atoms. The zero-order valence-electron chi connectivity index (χ0n) is 9.81. The van der Waals surface area contributed by atoms with Crippen molar-refractivity contribution in [1.82, 2.24) is 15.5 Å². The topological polar surface area (TPSA) is 51.0 Å². The highest BCUT2D eigenvalue weighted by molar-refractivity contribution is 5.53. The summed E-state index contributed by atoms with van der Waals surface area (Å²) in [6.07, 6.45) is 2.53. The Hall–Kier alpha value is -1.68. The van der Waals surface area contributed by atoms with Gasteiger partial charge in [0.2, 0.25) is 11.8 Å². The monoisotopic (exact) mass is 229 g/mol. The molecule has 2 aromatic rings. The van der Waals surface area contributed by atoms with E-state index in [9.17, 15) is 0 Å². The Balaban J connectivity index is 1.74. The lowest BCUT2D eigenvalue weighted by Crippen LogP contribution is -2.15. The molecule has 0 amide bonds. The Kier molecular flexibility index (Phi) is 2.65. The highest BCUT2D eigenvalue weighted by Gasteiger charge is 2.21. The zero-order chi connectivity index (χ0) is 11.7. The second kappa shape index (κ2) is 4.30. The minimum Gasteiger partial charge on any atom is -0.419 e. The van der Waals surface area contributed by atoms with E-state index in [0.717, 1.165) is 5.56 Å². The first-order valence-corrected chi connectivity index (χ1v) is 5.94. The van der Waals surface area contributed by atoms with E-state index < -0.39 is 0 Å². The van der Waals surface area contributed by atoms with Crippen LogP contribution in [0.3, 0.4) is 0 Å². The molecule has 3 rings (SSSR count). The van der Waals surface area contributed by atoms with Gasteiger partial charge >= 0.3 is 0 Å². The van der Waals surface area contributed by atoms with Crippen molar-refractivity contribution in [1.29, 1.82) is 0 Å². The minimum absolute atomic E-state index is 0.598. The average Bonchev–Trinajstić information content (AvgIpc) is 3.04. The van der Waals surface area contributed by atoms with Crippen LogP contribution >= 0.6 is 0 Å². The highest BCUT2D eigenvalue weighted by atomic mass is 16.4. The second-order valence-electron chi connectivity index (χ2n) is 4.53. The van der Waals surface area contributed by atoms with Crippen molar-refractivity contribution >= 4 is 0 Å². The molecule has 0 atom stereocenters. The van der Waals surface area contributed by atoms with Crippen molar-refractivity contribution < 1.29 is 4.42 Å². The van der Waals surface area contributed by atoms with Gasteiger partial charge in [0.05, 0.1) is 6.54 Å². The van der Waals surface area contributed by atoms with E-state index in [-0.39, 0.29) is 0 Å². The van der Waals surface area contributed by atoms with Crippen LogP contribution in [0.15, 0.2) is 28.7 Å². The second-order valence-corrected chi connectivity index (χ2v) is 4.53. The summed E-state index contributed by atoms with van der Waals surface area (Å²) in [4.78, 5) is 0. The lowest BCUT2D eigenvalue weighted by Gasteiger charge is -1.97. The number of nitrogens with one attached hydrogen (secondary N) is 1. The number of hydrogen-bond donors (Lipinski definition) is 1. The molecule has 0 aliphatic heterocycles. The molecule has 0 bridgehead atoms. The third-order valence-electron chi connectivity index (χ3n) is 2.85. The maximum atomic E-state index is 5.62. The molecule has 1 aromatic heterocycles. The maximum absolute atomic E-state index is 5.62. The third kappa shape index (κ3) is 2.53. The van der Waals surface area contributed by atoms with Crippen LogP contribution in [0, 0.1) is 6.92 Å². The molecule has 4 heteroatoms. The number of aryl methyl sites for hydroxylation is 1. The summed E-state index contributed by atoms with van der Waals surface area (Å²) in [7, 11) is 0. The fourth-order valence-corrected chi connectivity index (χ4v) is 1.74. The Labute approximate surface area is 100 Å². The van der Waals surface area contributed by atoms with Crippen molar-refractivity contribution in [2.45, 2.75) is 32.4 Å². The van der Waals surface area contributed by atoms with Crippen LogP contribution in [0.2, 0.25) is 0 Å². The molecular weight excluding hydrogens is 214 g/mol. The van der Waals surface area contributed by atoms with E-state index in [0.29, 0.717) is 24.4 Å². The molecule has 1 N–H and O–H groups in total. The molecule has 1 aliphatic rings. The number of hydrogen-bond acceptors (Lipinski definition) is 4. The van der Waals surface area contributed by atoms with Gasteiger partial charge in [-0.1, -0.05) is 17.7 Å². The minimum atomic E-state index is 0.598. The van der Waals surface area contributed by atoms with Crippen LogP contribution in [-0.4, -0.2) is 16.2 Å². The van der Waals surface area contributed by atoms with Gasteiger partial charge in [-0.2, -0.15) is 0 Å². The van der Waals surface area contributed by atoms with Crippen LogP contribution in [0.5, 0.6) is 0 Å². The number of rotatable bonds is 4. The largest absolute Gasteiger partial charge is 0.419 e. The Morgan fingerprint density at radius 3 is 3.00 bits per heavy atom. The quantitative estimate of drug-likeness (QED) is 0.874. The van der Waals surface area contributed by atoms with Gasteiger partial charge in [0.25, 0.3) is 0 Å². The van der Waals surface area contributed by atoms with Crippen molar-refractivity contribution in [2.75, 3.05) is 0 Å². The van der Waals surface area contributed by atoms with Crippen molar-refractivity contribution in [3.05, 3.63) is 35.7 Å². The molecule has 1 saturated carbocycles. The van der Waals surface area contributed by atoms with Crippen molar-refractivity contribution in [3.63, 3.8) is 0 Å². The summed E-state index contributed by atoms with van der Waals surface area (Å²) in [5.74, 6) is 1.26. The van der Waals surface area contributed by atoms with Crippen molar-refractivity contribution in [3.8, 4) is 11.5 Å². The number of aromatic nitrogens is 2. The van der Waals surface area contributed by atoms with Gasteiger partial charge in [0, 0.05) is 11.6 Å². The van der Waals surface area contributed by atoms with Crippen LogP contribution in [0.1, 0.15) is 24.3 Å². The fourth-order valence-electron chi connectivity index (χ4n) is 1.74. The summed E-state index contributed by atoms with van der Waals surface area (Å²) in [6.45, 7) is 2.72. The first-order chi connectivity index (χ1) is 8.31. The first kappa shape index (κ1) is 10.5. The molecule has 0 saturated heterocycles. The summed E-state index contributed by atoms with van der Waals surface area (Å²) in [5, 5.41) is 11.5. The lowest BCUT2D eigenvalue weighted by molar-refractivity contribution is 0.476. The summed E-state index contributed by atoms with van der Waals surface area (Å²) >= 11 is 0. The SMILES string of the molecule is Cc1cccc(-c2nnc(CNC3CC3)o2)c1. The van der Waals surface area contributed by atoms with Crippen LogP contribution in [0.4, 0.5) is 0 Å². The lowest BCUT2D eigenvalue weighted by atomic mass is 10.1. The van der Waals surface area contributed by atoms with Gasteiger partial charge in [-0.05, 0) is 31.9 Å². The summed E-state index contributed by atoms with van der Waals surface area (Å²) in [6, 6.07) is 8.74. The molecule has 0 radical (unpaired) electrons.